The van der Waals surface area contributed by atoms with Crippen molar-refractivity contribution in [2.75, 3.05) is 26.8 Å². The maximum atomic E-state index is 10.7. The standard InChI is InChI=1S/C8H12N2O3/c1-10(3-2-9)7-5-13-4-6(7)8(11)12/h6-7H,3-5H2,1H3,(H,11,12). The molecule has 5 nitrogen and oxygen atoms in total. The van der Waals surface area contributed by atoms with E-state index in [-0.39, 0.29) is 19.2 Å². The Morgan fingerprint density at radius 2 is 2.46 bits per heavy atom. The molecule has 1 rings (SSSR count). The van der Waals surface area contributed by atoms with E-state index in [1.165, 1.54) is 0 Å². The SMILES string of the molecule is CN(CC#N)C1COCC1C(=O)O. The summed E-state index contributed by atoms with van der Waals surface area (Å²) in [6, 6.07) is 1.81. The molecule has 1 fully saturated rings. The first-order valence-electron chi connectivity index (χ1n) is 4.04. The summed E-state index contributed by atoms with van der Waals surface area (Å²) >= 11 is 0. The molecule has 0 amide bonds. The predicted octanol–water partition coefficient (Wildman–Crippen LogP) is -0.459. The zero-order valence-corrected chi connectivity index (χ0v) is 7.43. The fourth-order valence-corrected chi connectivity index (χ4v) is 1.44. The first-order chi connectivity index (χ1) is 6.16. The maximum absolute atomic E-state index is 10.7. The lowest BCUT2D eigenvalue weighted by atomic mass is 10.0. The molecule has 1 aliphatic rings. The van der Waals surface area contributed by atoms with Gasteiger partial charge in [0.15, 0.2) is 0 Å². The predicted molar refractivity (Wildman–Crippen MR) is 44.0 cm³/mol. The minimum absolute atomic E-state index is 0.169. The van der Waals surface area contributed by atoms with Crippen LogP contribution >= 0.6 is 0 Å². The maximum Gasteiger partial charge on any atom is 0.310 e. The van der Waals surface area contributed by atoms with Gasteiger partial charge < -0.3 is 9.84 Å². The summed E-state index contributed by atoms with van der Waals surface area (Å²) < 4.78 is 5.07. The largest absolute Gasteiger partial charge is 0.481 e. The highest BCUT2D eigenvalue weighted by atomic mass is 16.5. The average molecular weight is 184 g/mol. The van der Waals surface area contributed by atoms with Gasteiger partial charge in [0.05, 0.1) is 31.7 Å². The molecule has 13 heavy (non-hydrogen) atoms. The van der Waals surface area contributed by atoms with Crippen LogP contribution in [0.25, 0.3) is 0 Å². The number of hydrogen-bond donors (Lipinski definition) is 1. The minimum atomic E-state index is -0.854. The molecule has 2 unspecified atom stereocenters. The van der Waals surface area contributed by atoms with Crippen molar-refractivity contribution in [2.45, 2.75) is 6.04 Å². The highest BCUT2D eigenvalue weighted by molar-refractivity contribution is 5.71. The number of rotatable bonds is 3. The van der Waals surface area contributed by atoms with Crippen LogP contribution in [-0.4, -0.2) is 48.8 Å². The number of aliphatic carboxylic acids is 1. The van der Waals surface area contributed by atoms with Crippen molar-refractivity contribution in [3.05, 3.63) is 0 Å². The van der Waals surface area contributed by atoms with Crippen molar-refractivity contribution in [1.82, 2.24) is 4.90 Å². The molecule has 0 aromatic carbocycles. The first-order valence-corrected chi connectivity index (χ1v) is 4.04. The molecule has 0 aromatic heterocycles. The molecule has 5 heteroatoms. The second kappa shape index (κ2) is 4.21. The lowest BCUT2D eigenvalue weighted by Gasteiger charge is -2.22. The highest BCUT2D eigenvalue weighted by Crippen LogP contribution is 2.18. The summed E-state index contributed by atoms with van der Waals surface area (Å²) in [4.78, 5) is 12.4. The van der Waals surface area contributed by atoms with Crippen LogP contribution in [0, 0.1) is 17.2 Å². The summed E-state index contributed by atoms with van der Waals surface area (Å²) in [5.41, 5.74) is 0. The van der Waals surface area contributed by atoms with Crippen LogP contribution in [0.15, 0.2) is 0 Å². The Labute approximate surface area is 76.5 Å². The second-order valence-corrected chi connectivity index (χ2v) is 3.12. The van der Waals surface area contributed by atoms with E-state index in [0.717, 1.165) is 0 Å². The van der Waals surface area contributed by atoms with Gasteiger partial charge in [0.25, 0.3) is 0 Å². The van der Waals surface area contributed by atoms with Crippen LogP contribution < -0.4 is 0 Å². The third kappa shape index (κ3) is 2.17. The van der Waals surface area contributed by atoms with Gasteiger partial charge in [0.1, 0.15) is 0 Å². The van der Waals surface area contributed by atoms with E-state index in [2.05, 4.69) is 0 Å². The quantitative estimate of drug-likeness (QED) is 0.601. The van der Waals surface area contributed by atoms with E-state index in [1.54, 1.807) is 11.9 Å². The fourth-order valence-electron chi connectivity index (χ4n) is 1.44. The minimum Gasteiger partial charge on any atom is -0.481 e. The summed E-state index contributed by atoms with van der Waals surface area (Å²) in [6.45, 7) is 0.878. The molecule has 1 N–H and O–H groups in total. The van der Waals surface area contributed by atoms with Gasteiger partial charge in [-0.25, -0.2) is 0 Å². The summed E-state index contributed by atoms with van der Waals surface area (Å²) in [5.74, 6) is -1.36. The molecule has 72 valence electrons. The topological polar surface area (TPSA) is 73.6 Å². The van der Waals surface area contributed by atoms with Crippen LogP contribution in [0.3, 0.4) is 0 Å². The lowest BCUT2D eigenvalue weighted by molar-refractivity contribution is -0.143. The monoisotopic (exact) mass is 184 g/mol. The van der Waals surface area contributed by atoms with Crippen molar-refractivity contribution in [3.8, 4) is 6.07 Å². The van der Waals surface area contributed by atoms with Gasteiger partial charge in [-0.15, -0.1) is 0 Å². The zero-order valence-electron chi connectivity index (χ0n) is 7.43. The molecule has 1 heterocycles. The van der Waals surface area contributed by atoms with Crippen molar-refractivity contribution in [2.24, 2.45) is 5.92 Å². The highest BCUT2D eigenvalue weighted by Gasteiger charge is 2.36. The van der Waals surface area contributed by atoms with Crippen LogP contribution in [-0.2, 0) is 9.53 Å². The lowest BCUT2D eigenvalue weighted by Crippen LogP contribution is -2.40. The third-order valence-electron chi connectivity index (χ3n) is 2.25. The molecule has 1 saturated heterocycles. The van der Waals surface area contributed by atoms with Crippen LogP contribution in [0.1, 0.15) is 0 Å². The van der Waals surface area contributed by atoms with Gasteiger partial charge in [-0.2, -0.15) is 5.26 Å². The number of carboxylic acids is 1. The third-order valence-corrected chi connectivity index (χ3v) is 2.25. The molecular formula is C8H12N2O3. The van der Waals surface area contributed by atoms with E-state index < -0.39 is 11.9 Å². The van der Waals surface area contributed by atoms with Crippen LogP contribution in [0.5, 0.6) is 0 Å². The van der Waals surface area contributed by atoms with Gasteiger partial charge in [-0.05, 0) is 7.05 Å². The Bertz CT molecular complexity index is 236. The van der Waals surface area contributed by atoms with E-state index >= 15 is 0 Å². The van der Waals surface area contributed by atoms with E-state index in [0.29, 0.717) is 6.61 Å². The molecule has 0 spiro atoms. The van der Waals surface area contributed by atoms with E-state index in [4.69, 9.17) is 15.1 Å². The number of hydrogen-bond acceptors (Lipinski definition) is 4. The van der Waals surface area contributed by atoms with Crippen molar-refractivity contribution < 1.29 is 14.6 Å². The molecule has 0 aromatic rings. The smallest absolute Gasteiger partial charge is 0.310 e. The molecule has 1 aliphatic heterocycles. The molecule has 0 bridgehead atoms. The Balaban J connectivity index is 2.58. The van der Waals surface area contributed by atoms with Crippen LogP contribution in [0.2, 0.25) is 0 Å². The van der Waals surface area contributed by atoms with Gasteiger partial charge in [0.2, 0.25) is 0 Å². The van der Waals surface area contributed by atoms with Gasteiger partial charge in [-0.3, -0.25) is 9.69 Å². The second-order valence-electron chi connectivity index (χ2n) is 3.12. The number of carbonyl (C=O) groups is 1. The normalized spacial score (nSPS) is 27.5. The summed E-state index contributed by atoms with van der Waals surface area (Å²) in [6.07, 6.45) is 0. The molecule has 0 saturated carbocycles. The number of nitriles is 1. The number of carboxylic acid groups (broad SMARTS) is 1. The first kappa shape index (κ1) is 9.96. The van der Waals surface area contributed by atoms with Crippen molar-refractivity contribution in [3.63, 3.8) is 0 Å². The Morgan fingerprint density at radius 3 is 3.00 bits per heavy atom. The molecule has 0 aliphatic carbocycles. The van der Waals surface area contributed by atoms with Crippen LogP contribution in [0.4, 0.5) is 0 Å². The Hall–Kier alpha value is -1.12. The Morgan fingerprint density at radius 1 is 1.77 bits per heavy atom. The van der Waals surface area contributed by atoms with Gasteiger partial charge in [0, 0.05) is 6.04 Å². The molecule has 2 atom stereocenters. The fraction of sp³-hybridized carbons (Fsp3) is 0.750. The molecule has 0 radical (unpaired) electrons. The van der Waals surface area contributed by atoms with Gasteiger partial charge >= 0.3 is 5.97 Å². The average Bonchev–Trinajstić information content (AvgIpc) is 2.52. The van der Waals surface area contributed by atoms with E-state index in [9.17, 15) is 4.79 Å². The number of nitrogens with zero attached hydrogens (tertiary/aromatic N) is 2. The van der Waals surface area contributed by atoms with Crippen molar-refractivity contribution >= 4 is 5.97 Å². The summed E-state index contributed by atoms with van der Waals surface area (Å²) in [5, 5.41) is 17.3. The Kier molecular flexibility index (Phi) is 3.23. The zero-order chi connectivity index (χ0) is 9.84. The van der Waals surface area contributed by atoms with Crippen molar-refractivity contribution in [1.29, 1.82) is 5.26 Å². The molecular weight excluding hydrogens is 172 g/mol. The number of ether oxygens (including phenoxy) is 1. The number of likely N-dealkylation sites (N-methyl/N-ethyl adjacent to an activating group) is 1. The summed E-state index contributed by atoms with van der Waals surface area (Å²) in [7, 11) is 1.73. The van der Waals surface area contributed by atoms with Gasteiger partial charge in [-0.1, -0.05) is 0 Å². The van der Waals surface area contributed by atoms with E-state index in [1.807, 2.05) is 6.07 Å².